The Morgan fingerprint density at radius 2 is 1.10 bits per heavy atom. The molecule has 0 fully saturated rings. The fourth-order valence-electron chi connectivity index (χ4n) is 2.77. The molecule has 1 amide bonds. The van der Waals surface area contributed by atoms with Crippen LogP contribution in [0, 0.1) is 0 Å². The molecule has 234 valence electrons. The Balaban J connectivity index is 3.50. The van der Waals surface area contributed by atoms with E-state index in [-0.39, 0.29) is 39.3 Å². The predicted molar refractivity (Wildman–Crippen MR) is 141 cm³/mol. The first kappa shape index (κ1) is 37.5. The Bertz CT molecular complexity index is 697. The predicted octanol–water partition coefficient (Wildman–Crippen LogP) is 1.71. The van der Waals surface area contributed by atoms with Crippen molar-refractivity contribution in [2.75, 3.05) is 79.3 Å². The molecule has 0 aliphatic heterocycles. The molecule has 0 spiro atoms. The highest BCUT2D eigenvalue weighted by Crippen LogP contribution is 2.08. The summed E-state index contributed by atoms with van der Waals surface area (Å²) in [6.45, 7) is 10.6. The summed E-state index contributed by atoms with van der Waals surface area (Å²) >= 11 is 0. The van der Waals surface area contributed by atoms with Crippen molar-refractivity contribution in [3.05, 3.63) is 0 Å². The van der Waals surface area contributed by atoms with Crippen molar-refractivity contribution < 1.29 is 62.2 Å². The summed E-state index contributed by atoms with van der Waals surface area (Å²) in [5.41, 5.74) is -0.658. The van der Waals surface area contributed by atoms with Crippen LogP contribution in [0.2, 0.25) is 0 Å². The summed E-state index contributed by atoms with van der Waals surface area (Å²) in [5.74, 6) is -2.15. The van der Waals surface area contributed by atoms with Gasteiger partial charge in [0.25, 0.3) is 0 Å². The van der Waals surface area contributed by atoms with Crippen molar-refractivity contribution in [3.63, 3.8) is 0 Å². The normalized spacial score (nSPS) is 12.0. The maximum absolute atomic E-state index is 12.2. The minimum absolute atomic E-state index is 0.0608. The Hall–Kier alpha value is -2.52. The molecule has 0 rings (SSSR count). The number of carbonyl (C=O) groups is 4. The fraction of sp³-hybridized carbons (Fsp3) is 0.846. The van der Waals surface area contributed by atoms with Crippen molar-refractivity contribution in [2.45, 2.75) is 65.0 Å². The number of nitrogens with one attached hydrogen (secondary N) is 1. The van der Waals surface area contributed by atoms with Gasteiger partial charge in [-0.2, -0.15) is 0 Å². The Morgan fingerprint density at radius 1 is 0.675 bits per heavy atom. The SMILES string of the molecule is CCCC(NC(=O)OC(C)(C)C)C(=O)OCCOCCOCCOCCOCCOCCOC(=O)CCC(=O)O. The summed E-state index contributed by atoms with van der Waals surface area (Å²) in [4.78, 5) is 45.7. The highest BCUT2D eigenvalue weighted by molar-refractivity contribution is 5.81. The summed E-state index contributed by atoms with van der Waals surface area (Å²) in [6.07, 6.45) is 0.0568. The maximum atomic E-state index is 12.2. The van der Waals surface area contributed by atoms with Crippen molar-refractivity contribution in [1.82, 2.24) is 5.32 Å². The molecule has 0 aromatic carbocycles. The monoisotopic (exact) mass is 581 g/mol. The summed E-state index contributed by atoms with van der Waals surface area (Å²) < 4.78 is 41.9. The smallest absolute Gasteiger partial charge is 0.408 e. The van der Waals surface area contributed by atoms with Crippen LogP contribution in [0.1, 0.15) is 53.4 Å². The van der Waals surface area contributed by atoms with E-state index in [0.717, 1.165) is 0 Å². The zero-order valence-electron chi connectivity index (χ0n) is 24.2. The number of carboxylic acid groups (broad SMARTS) is 1. The number of alkyl carbamates (subject to hydrolysis) is 1. The molecule has 0 saturated carbocycles. The number of rotatable bonds is 25. The molecule has 0 aromatic rings. The second kappa shape index (κ2) is 24.3. The van der Waals surface area contributed by atoms with Crippen LogP contribution in [-0.2, 0) is 52.3 Å². The molecule has 14 nitrogen and oxygen atoms in total. The van der Waals surface area contributed by atoms with E-state index in [1.165, 1.54) is 0 Å². The van der Waals surface area contributed by atoms with Gasteiger partial charge in [-0.3, -0.25) is 9.59 Å². The molecule has 0 aliphatic carbocycles. The Morgan fingerprint density at radius 3 is 1.50 bits per heavy atom. The maximum Gasteiger partial charge on any atom is 0.408 e. The van der Waals surface area contributed by atoms with Gasteiger partial charge in [0.2, 0.25) is 0 Å². The molecule has 0 aromatic heterocycles. The van der Waals surface area contributed by atoms with E-state index in [9.17, 15) is 19.2 Å². The third-order valence-electron chi connectivity index (χ3n) is 4.55. The van der Waals surface area contributed by atoms with Crippen LogP contribution in [0.5, 0.6) is 0 Å². The second-order valence-corrected chi connectivity index (χ2v) is 9.33. The van der Waals surface area contributed by atoms with Crippen LogP contribution in [0.4, 0.5) is 4.79 Å². The molecule has 14 heteroatoms. The van der Waals surface area contributed by atoms with E-state index in [1.807, 2.05) is 6.92 Å². The topological polar surface area (TPSA) is 174 Å². The van der Waals surface area contributed by atoms with E-state index in [4.69, 9.17) is 43.0 Å². The zero-order valence-corrected chi connectivity index (χ0v) is 24.2. The minimum atomic E-state index is -1.05. The molecule has 0 bridgehead atoms. The highest BCUT2D eigenvalue weighted by Gasteiger charge is 2.24. The largest absolute Gasteiger partial charge is 0.481 e. The third kappa shape index (κ3) is 25.7. The van der Waals surface area contributed by atoms with Gasteiger partial charge in [-0.1, -0.05) is 13.3 Å². The van der Waals surface area contributed by atoms with E-state index in [1.54, 1.807) is 20.8 Å². The van der Waals surface area contributed by atoms with E-state index >= 15 is 0 Å². The third-order valence-corrected chi connectivity index (χ3v) is 4.55. The number of hydrogen-bond donors (Lipinski definition) is 2. The van der Waals surface area contributed by atoms with Gasteiger partial charge in [0.1, 0.15) is 24.9 Å². The van der Waals surface area contributed by atoms with Crippen LogP contribution >= 0.6 is 0 Å². The van der Waals surface area contributed by atoms with Crippen LogP contribution in [0.15, 0.2) is 0 Å². The number of carboxylic acids is 1. The average molecular weight is 582 g/mol. The summed E-state index contributed by atoms with van der Waals surface area (Å²) in [7, 11) is 0. The standard InChI is InChI=1S/C26H47NO13/c1-5-6-21(27-25(32)40-26(2,3)4)24(31)39-20-18-37-16-14-35-12-10-33-9-11-34-13-15-36-17-19-38-23(30)8-7-22(28)29/h21H,5-20H2,1-4H3,(H,27,32)(H,28,29). The molecular weight excluding hydrogens is 534 g/mol. The van der Waals surface area contributed by atoms with Crippen molar-refractivity contribution in [1.29, 1.82) is 0 Å². The number of esters is 2. The number of aliphatic carboxylic acids is 1. The first-order valence-electron chi connectivity index (χ1n) is 13.5. The lowest BCUT2D eigenvalue weighted by Gasteiger charge is -2.22. The molecule has 40 heavy (non-hydrogen) atoms. The molecule has 1 atom stereocenters. The van der Waals surface area contributed by atoms with Gasteiger partial charge in [0.15, 0.2) is 0 Å². The fourth-order valence-corrected chi connectivity index (χ4v) is 2.77. The van der Waals surface area contributed by atoms with Gasteiger partial charge in [0, 0.05) is 0 Å². The summed E-state index contributed by atoms with van der Waals surface area (Å²) in [5, 5.41) is 11.0. The molecule has 0 heterocycles. The van der Waals surface area contributed by atoms with Crippen molar-refractivity contribution in [3.8, 4) is 0 Å². The lowest BCUT2D eigenvalue weighted by atomic mass is 10.1. The van der Waals surface area contributed by atoms with Gasteiger partial charge >= 0.3 is 24.0 Å². The molecule has 0 radical (unpaired) electrons. The van der Waals surface area contributed by atoms with Gasteiger partial charge in [-0.05, 0) is 27.2 Å². The van der Waals surface area contributed by atoms with Gasteiger partial charge in [-0.25, -0.2) is 9.59 Å². The lowest BCUT2D eigenvalue weighted by molar-refractivity contribution is -0.149. The quantitative estimate of drug-likeness (QED) is 0.0906. The molecular formula is C26H47NO13. The average Bonchev–Trinajstić information content (AvgIpc) is 2.87. The molecule has 0 saturated heterocycles. The van der Waals surface area contributed by atoms with E-state index < -0.39 is 35.6 Å². The lowest BCUT2D eigenvalue weighted by Crippen LogP contribution is -2.44. The first-order chi connectivity index (χ1) is 19.0. The highest BCUT2D eigenvalue weighted by atomic mass is 16.6. The van der Waals surface area contributed by atoms with Crippen LogP contribution in [0.3, 0.4) is 0 Å². The molecule has 2 N–H and O–H groups in total. The number of carbonyl (C=O) groups excluding carboxylic acids is 3. The minimum Gasteiger partial charge on any atom is -0.481 e. The number of ether oxygens (including phenoxy) is 8. The Kier molecular flexibility index (Phi) is 22.8. The second-order valence-electron chi connectivity index (χ2n) is 9.33. The number of amides is 1. The van der Waals surface area contributed by atoms with Crippen LogP contribution < -0.4 is 5.32 Å². The van der Waals surface area contributed by atoms with Gasteiger partial charge in [-0.15, -0.1) is 0 Å². The van der Waals surface area contributed by atoms with Gasteiger partial charge < -0.3 is 48.3 Å². The van der Waals surface area contributed by atoms with Crippen LogP contribution in [-0.4, -0.2) is 120 Å². The Labute approximate surface area is 236 Å². The molecule has 1 unspecified atom stereocenters. The first-order valence-corrected chi connectivity index (χ1v) is 13.5. The van der Waals surface area contributed by atoms with E-state index in [2.05, 4.69) is 5.32 Å². The number of hydrogen-bond acceptors (Lipinski definition) is 12. The van der Waals surface area contributed by atoms with Gasteiger partial charge in [0.05, 0.1) is 78.9 Å². The van der Waals surface area contributed by atoms with E-state index in [0.29, 0.717) is 65.7 Å². The van der Waals surface area contributed by atoms with Crippen molar-refractivity contribution in [2.24, 2.45) is 0 Å². The molecule has 0 aliphatic rings. The van der Waals surface area contributed by atoms with Crippen LogP contribution in [0.25, 0.3) is 0 Å². The summed E-state index contributed by atoms with van der Waals surface area (Å²) in [6, 6.07) is -0.774. The van der Waals surface area contributed by atoms with Crippen molar-refractivity contribution >= 4 is 24.0 Å². The zero-order chi connectivity index (χ0) is 30.1.